The van der Waals surface area contributed by atoms with Crippen molar-refractivity contribution >= 4 is 17.6 Å². The van der Waals surface area contributed by atoms with Crippen molar-refractivity contribution in [2.24, 2.45) is 10.9 Å². The summed E-state index contributed by atoms with van der Waals surface area (Å²) < 4.78 is 5.57. The Morgan fingerprint density at radius 2 is 2.08 bits per heavy atom. The number of amides is 1. The molecule has 0 aliphatic carbocycles. The zero-order valence-electron chi connectivity index (χ0n) is 16.6. The number of hydrogen-bond acceptors (Lipinski definition) is 3. The topological polar surface area (TPSA) is 74.8 Å². The van der Waals surface area contributed by atoms with Gasteiger partial charge in [0.2, 0.25) is 5.91 Å². The van der Waals surface area contributed by atoms with Gasteiger partial charge in [-0.3, -0.25) is 9.79 Å². The number of guanidine groups is 1. The van der Waals surface area contributed by atoms with E-state index in [1.54, 1.807) is 7.05 Å². The summed E-state index contributed by atoms with van der Waals surface area (Å²) >= 11 is 0. The number of rotatable bonds is 11. The van der Waals surface area contributed by atoms with E-state index >= 15 is 0 Å². The zero-order valence-corrected chi connectivity index (χ0v) is 16.6. The number of carbonyl (C=O) groups is 1. The van der Waals surface area contributed by atoms with Crippen LogP contribution in [-0.4, -0.2) is 38.7 Å². The highest BCUT2D eigenvalue weighted by molar-refractivity contribution is 5.90. The zero-order chi connectivity index (χ0) is 19.2. The summed E-state index contributed by atoms with van der Waals surface area (Å²) in [6.07, 6.45) is 2.32. The van der Waals surface area contributed by atoms with Crippen LogP contribution in [0.1, 0.15) is 45.6 Å². The number of ether oxygens (including phenoxy) is 1. The van der Waals surface area contributed by atoms with Crippen LogP contribution in [0.2, 0.25) is 0 Å². The minimum Gasteiger partial charge on any atom is -0.381 e. The largest absolute Gasteiger partial charge is 0.381 e. The summed E-state index contributed by atoms with van der Waals surface area (Å²) in [6, 6.07) is 7.85. The summed E-state index contributed by atoms with van der Waals surface area (Å²) in [7, 11) is 1.76. The van der Waals surface area contributed by atoms with E-state index in [2.05, 4.69) is 34.8 Å². The first-order valence-electron chi connectivity index (χ1n) is 9.46. The third kappa shape index (κ3) is 10.0. The fourth-order valence-corrected chi connectivity index (χ4v) is 2.32. The molecule has 0 bridgehead atoms. The minimum atomic E-state index is 0.0507. The summed E-state index contributed by atoms with van der Waals surface area (Å²) in [5.41, 5.74) is 1.91. The fourth-order valence-electron chi connectivity index (χ4n) is 2.32. The van der Waals surface area contributed by atoms with Gasteiger partial charge in [0.15, 0.2) is 5.96 Å². The molecular formula is C20H34N4O2. The number of carbonyl (C=O) groups excluding carboxylic acids is 1. The van der Waals surface area contributed by atoms with Crippen molar-refractivity contribution in [3.8, 4) is 0 Å². The maximum atomic E-state index is 11.7. The predicted octanol–water partition coefficient (Wildman–Crippen LogP) is 3.15. The van der Waals surface area contributed by atoms with E-state index < -0.39 is 0 Å². The standard InChI is InChI=1S/C20H34N4O2/c1-5-8-19(25)24-18-10-6-9-17(13-18)14-23-20(21-4)22-11-7-12-26-15-16(2)3/h6,9-10,13,16H,5,7-8,11-12,14-15H2,1-4H3,(H,24,25)(H2,21,22,23). The summed E-state index contributed by atoms with van der Waals surface area (Å²) in [4.78, 5) is 15.9. The molecule has 0 saturated carbocycles. The molecule has 0 aliphatic rings. The van der Waals surface area contributed by atoms with Crippen LogP contribution in [0, 0.1) is 5.92 Å². The molecule has 1 rings (SSSR count). The van der Waals surface area contributed by atoms with Crippen LogP contribution >= 0.6 is 0 Å². The molecule has 0 heterocycles. The van der Waals surface area contributed by atoms with Gasteiger partial charge in [0.1, 0.15) is 0 Å². The molecule has 0 aromatic heterocycles. The highest BCUT2D eigenvalue weighted by Crippen LogP contribution is 2.11. The SMILES string of the molecule is CCCC(=O)Nc1cccc(CNC(=NC)NCCCOCC(C)C)c1. The van der Waals surface area contributed by atoms with Gasteiger partial charge < -0.3 is 20.7 Å². The Hall–Kier alpha value is -2.08. The van der Waals surface area contributed by atoms with Gasteiger partial charge in [-0.05, 0) is 36.5 Å². The number of benzene rings is 1. The number of anilines is 1. The van der Waals surface area contributed by atoms with Crippen LogP contribution in [0.25, 0.3) is 0 Å². The van der Waals surface area contributed by atoms with Crippen molar-refractivity contribution < 1.29 is 9.53 Å². The quantitative estimate of drug-likeness (QED) is 0.321. The summed E-state index contributed by atoms with van der Waals surface area (Å²) in [5.74, 6) is 1.38. The normalized spacial score (nSPS) is 11.5. The van der Waals surface area contributed by atoms with E-state index in [1.165, 1.54) is 0 Å². The van der Waals surface area contributed by atoms with Crippen molar-refractivity contribution in [2.45, 2.75) is 46.6 Å². The molecular weight excluding hydrogens is 328 g/mol. The Morgan fingerprint density at radius 3 is 2.77 bits per heavy atom. The number of nitrogens with zero attached hydrogens (tertiary/aromatic N) is 1. The molecule has 1 aromatic carbocycles. The van der Waals surface area contributed by atoms with E-state index in [4.69, 9.17) is 4.74 Å². The summed E-state index contributed by atoms with van der Waals surface area (Å²) in [6.45, 7) is 9.29. The highest BCUT2D eigenvalue weighted by atomic mass is 16.5. The molecule has 6 heteroatoms. The van der Waals surface area contributed by atoms with Crippen LogP contribution in [0.5, 0.6) is 0 Å². The third-order valence-corrected chi connectivity index (χ3v) is 3.58. The smallest absolute Gasteiger partial charge is 0.224 e. The Bertz CT molecular complexity index is 558. The van der Waals surface area contributed by atoms with Gasteiger partial charge in [0.05, 0.1) is 0 Å². The molecule has 0 saturated heterocycles. The highest BCUT2D eigenvalue weighted by Gasteiger charge is 2.03. The van der Waals surface area contributed by atoms with Crippen molar-refractivity contribution in [1.82, 2.24) is 10.6 Å². The van der Waals surface area contributed by atoms with E-state index in [9.17, 15) is 4.79 Å². The lowest BCUT2D eigenvalue weighted by atomic mass is 10.2. The van der Waals surface area contributed by atoms with E-state index in [1.807, 2.05) is 31.2 Å². The molecule has 3 N–H and O–H groups in total. The van der Waals surface area contributed by atoms with E-state index in [0.29, 0.717) is 18.9 Å². The molecule has 6 nitrogen and oxygen atoms in total. The fraction of sp³-hybridized carbons (Fsp3) is 0.600. The van der Waals surface area contributed by atoms with E-state index in [0.717, 1.165) is 49.8 Å². The first kappa shape index (κ1) is 22.0. The van der Waals surface area contributed by atoms with Gasteiger partial charge in [-0.2, -0.15) is 0 Å². The molecule has 0 atom stereocenters. The monoisotopic (exact) mass is 362 g/mol. The van der Waals surface area contributed by atoms with Crippen LogP contribution in [0.3, 0.4) is 0 Å². The molecule has 0 unspecified atom stereocenters. The van der Waals surface area contributed by atoms with Crippen molar-refractivity contribution in [3.63, 3.8) is 0 Å². The Morgan fingerprint density at radius 1 is 1.27 bits per heavy atom. The molecule has 0 aliphatic heterocycles. The minimum absolute atomic E-state index is 0.0507. The lowest BCUT2D eigenvalue weighted by molar-refractivity contribution is -0.116. The average molecular weight is 363 g/mol. The molecule has 146 valence electrons. The molecule has 26 heavy (non-hydrogen) atoms. The molecule has 1 amide bonds. The first-order valence-corrected chi connectivity index (χ1v) is 9.46. The first-order chi connectivity index (χ1) is 12.5. The second-order valence-electron chi connectivity index (χ2n) is 6.67. The maximum Gasteiger partial charge on any atom is 0.224 e. The van der Waals surface area contributed by atoms with Crippen LogP contribution in [0.4, 0.5) is 5.69 Å². The average Bonchev–Trinajstić information content (AvgIpc) is 2.60. The van der Waals surface area contributed by atoms with Gasteiger partial charge in [-0.1, -0.05) is 32.9 Å². The second-order valence-corrected chi connectivity index (χ2v) is 6.67. The van der Waals surface area contributed by atoms with E-state index in [-0.39, 0.29) is 5.91 Å². The second kappa shape index (κ2) is 13.2. The van der Waals surface area contributed by atoms with Gasteiger partial charge in [-0.15, -0.1) is 0 Å². The van der Waals surface area contributed by atoms with Crippen molar-refractivity contribution in [1.29, 1.82) is 0 Å². The predicted molar refractivity (Wildman–Crippen MR) is 108 cm³/mol. The number of hydrogen-bond donors (Lipinski definition) is 3. The van der Waals surface area contributed by atoms with Gasteiger partial charge in [0.25, 0.3) is 0 Å². The number of nitrogens with one attached hydrogen (secondary N) is 3. The summed E-state index contributed by atoms with van der Waals surface area (Å²) in [5, 5.41) is 9.49. The lowest BCUT2D eigenvalue weighted by Crippen LogP contribution is -2.37. The lowest BCUT2D eigenvalue weighted by Gasteiger charge is -2.13. The third-order valence-electron chi connectivity index (χ3n) is 3.58. The Labute approximate surface area is 157 Å². The van der Waals surface area contributed by atoms with Crippen LogP contribution < -0.4 is 16.0 Å². The maximum absolute atomic E-state index is 11.7. The van der Waals surface area contributed by atoms with Crippen LogP contribution in [0.15, 0.2) is 29.3 Å². The molecule has 0 spiro atoms. The van der Waals surface area contributed by atoms with Gasteiger partial charge >= 0.3 is 0 Å². The van der Waals surface area contributed by atoms with Gasteiger partial charge in [-0.25, -0.2) is 0 Å². The van der Waals surface area contributed by atoms with Gasteiger partial charge in [0, 0.05) is 45.5 Å². The molecule has 0 fully saturated rings. The van der Waals surface area contributed by atoms with Crippen molar-refractivity contribution in [2.75, 3.05) is 32.1 Å². The Kier molecular flexibility index (Phi) is 11.1. The Balaban J connectivity index is 2.33. The van der Waals surface area contributed by atoms with Crippen molar-refractivity contribution in [3.05, 3.63) is 29.8 Å². The number of aliphatic imine (C=N–C) groups is 1. The molecule has 0 radical (unpaired) electrons. The molecule has 1 aromatic rings. The van der Waals surface area contributed by atoms with Crippen LogP contribution in [-0.2, 0) is 16.1 Å².